The Morgan fingerprint density at radius 2 is 1.06 bits per heavy atom. The molecule has 4 atom stereocenters. The van der Waals surface area contributed by atoms with E-state index in [0.717, 1.165) is 60.0 Å². The molecule has 9 heteroatoms. The maximum absolute atomic E-state index is 5.85. The van der Waals surface area contributed by atoms with Gasteiger partial charge >= 0.3 is 202 Å². The summed E-state index contributed by atoms with van der Waals surface area (Å²) < 4.78 is 28.3. The number of aromatic nitrogens is 2. The van der Waals surface area contributed by atoms with Gasteiger partial charge < -0.3 is 34.0 Å². The predicted molar refractivity (Wildman–Crippen MR) is 122 cm³/mol. The van der Waals surface area contributed by atoms with Gasteiger partial charge in [-0.2, -0.15) is 0 Å². The zero-order valence-corrected chi connectivity index (χ0v) is 24.7. The predicted octanol–water partition coefficient (Wildman–Crippen LogP) is -2.21. The Kier molecular flexibility index (Phi) is 10.2. The van der Waals surface area contributed by atoms with Crippen LogP contribution in [0.2, 0.25) is 9.63 Å². The van der Waals surface area contributed by atoms with E-state index in [1.54, 1.807) is 0 Å². The molecule has 4 aliphatic rings. The normalized spacial score (nSPS) is 29.6. The summed E-state index contributed by atoms with van der Waals surface area (Å²) in [4.78, 5) is 1.60. The van der Waals surface area contributed by atoms with Gasteiger partial charge in [-0.15, -0.1) is 0 Å². The molecule has 0 radical (unpaired) electrons. The topological polar surface area (TPSA) is 44.7 Å². The quantitative estimate of drug-likeness (QED) is 0.273. The molecule has 2 aromatic heterocycles. The number of nitrogens with zero attached hydrogens (tertiary/aromatic N) is 2. The first-order chi connectivity index (χ1) is 16.3. The van der Waals surface area contributed by atoms with Crippen molar-refractivity contribution in [1.82, 2.24) is 0 Å². The molecule has 2 bridgehead atoms. The summed E-state index contributed by atoms with van der Waals surface area (Å²) in [5.74, 6) is 0. The van der Waals surface area contributed by atoms with E-state index in [2.05, 4.69) is 58.2 Å². The standard InChI is InChI=1S/C26H34N2O4Se.2BrH/c1-5-19(25-29-13-3-14-30-25)17-27(11-1)21-7-9-24-22(8-10-23(21)33-24)28-12-2-6-20(18-28)26-31-15-4-16-32-26;;/h1-2,5-6,11-12,17-18,21-26H,3-4,7-10,13-16H2;2*1H/q+2;;/p-2. The first-order valence-electron chi connectivity index (χ1n) is 12.5. The van der Waals surface area contributed by atoms with Gasteiger partial charge in [0.25, 0.3) is 0 Å². The summed E-state index contributed by atoms with van der Waals surface area (Å²) in [6.45, 7) is 3.15. The van der Waals surface area contributed by atoms with Crippen molar-refractivity contribution in [3.05, 3.63) is 60.2 Å². The molecule has 2 aromatic rings. The Labute approximate surface area is 235 Å². The molecule has 35 heavy (non-hydrogen) atoms. The minimum absolute atomic E-state index is 0. The van der Waals surface area contributed by atoms with Crippen LogP contribution in [0.4, 0.5) is 0 Å². The van der Waals surface area contributed by atoms with Crippen LogP contribution in [0.5, 0.6) is 0 Å². The maximum atomic E-state index is 5.85. The summed E-state index contributed by atoms with van der Waals surface area (Å²) in [7, 11) is 0. The van der Waals surface area contributed by atoms with Crippen molar-refractivity contribution in [3.63, 3.8) is 0 Å². The Morgan fingerprint density at radius 1 is 0.629 bits per heavy atom. The fourth-order valence-electron chi connectivity index (χ4n) is 5.73. The van der Waals surface area contributed by atoms with Crippen molar-refractivity contribution in [2.45, 2.75) is 72.8 Å². The molecular weight excluding hydrogens is 643 g/mol. The zero-order valence-electron chi connectivity index (χ0n) is 19.8. The molecular formula is C26H34Br2N2O4Se. The number of hydrogen-bond donors (Lipinski definition) is 0. The van der Waals surface area contributed by atoms with E-state index < -0.39 is 0 Å². The van der Waals surface area contributed by atoms with Crippen LogP contribution >= 0.6 is 0 Å². The third-order valence-electron chi connectivity index (χ3n) is 7.36. The van der Waals surface area contributed by atoms with Crippen molar-refractivity contribution in [1.29, 1.82) is 0 Å². The molecule has 0 saturated carbocycles. The Bertz CT molecular complexity index is 883. The van der Waals surface area contributed by atoms with E-state index in [4.69, 9.17) is 18.9 Å². The van der Waals surface area contributed by atoms with Gasteiger partial charge in [-0.25, -0.2) is 0 Å². The second-order valence-electron chi connectivity index (χ2n) is 9.53. The fraction of sp³-hybridized carbons (Fsp3) is 0.615. The molecule has 4 unspecified atom stereocenters. The summed E-state index contributed by atoms with van der Waals surface area (Å²) in [6.07, 6.45) is 15.7. The van der Waals surface area contributed by atoms with E-state index in [-0.39, 0.29) is 46.5 Å². The van der Waals surface area contributed by atoms with Crippen LogP contribution < -0.4 is 43.1 Å². The number of hydrogen-bond acceptors (Lipinski definition) is 4. The molecule has 6 nitrogen and oxygen atoms in total. The Balaban J connectivity index is 0.00000144. The molecule has 6 rings (SSSR count). The summed E-state index contributed by atoms with van der Waals surface area (Å²) in [6, 6.07) is 9.82. The number of halogens is 2. The molecule has 0 aromatic carbocycles. The van der Waals surface area contributed by atoms with Gasteiger partial charge in [-0.1, -0.05) is 0 Å². The van der Waals surface area contributed by atoms with Crippen molar-refractivity contribution in [2.24, 2.45) is 0 Å². The molecule has 4 saturated heterocycles. The molecule has 4 fully saturated rings. The minimum atomic E-state index is -0.204. The third-order valence-corrected chi connectivity index (χ3v) is 11.1. The molecule has 0 amide bonds. The molecule has 6 heterocycles. The third kappa shape index (κ3) is 6.20. The number of ether oxygens (including phenoxy) is 4. The van der Waals surface area contributed by atoms with Crippen LogP contribution in [0, 0.1) is 0 Å². The van der Waals surface area contributed by atoms with E-state index in [1.165, 1.54) is 25.7 Å². The van der Waals surface area contributed by atoms with Gasteiger partial charge in [-0.3, -0.25) is 0 Å². The van der Waals surface area contributed by atoms with Gasteiger partial charge in [0.2, 0.25) is 0 Å². The van der Waals surface area contributed by atoms with Crippen molar-refractivity contribution >= 4 is 15.0 Å². The van der Waals surface area contributed by atoms with Crippen LogP contribution in [-0.4, -0.2) is 41.4 Å². The first kappa shape index (κ1) is 27.6. The van der Waals surface area contributed by atoms with Crippen molar-refractivity contribution in [2.75, 3.05) is 26.4 Å². The number of pyridine rings is 2. The summed E-state index contributed by atoms with van der Waals surface area (Å²) >= 11 is 0.632. The van der Waals surface area contributed by atoms with Gasteiger partial charge in [0.1, 0.15) is 0 Å². The van der Waals surface area contributed by atoms with E-state index in [9.17, 15) is 0 Å². The van der Waals surface area contributed by atoms with E-state index in [1.807, 2.05) is 0 Å². The Hall–Kier alpha value is -0.381. The fourth-order valence-corrected chi connectivity index (χ4v) is 9.73. The van der Waals surface area contributed by atoms with E-state index in [0.29, 0.717) is 27.0 Å². The van der Waals surface area contributed by atoms with Crippen LogP contribution in [0.3, 0.4) is 0 Å². The van der Waals surface area contributed by atoms with Gasteiger partial charge in [-0.05, 0) is 0 Å². The van der Waals surface area contributed by atoms with Crippen molar-refractivity contribution in [3.8, 4) is 0 Å². The monoisotopic (exact) mass is 676 g/mol. The molecule has 0 aliphatic carbocycles. The number of fused-ring (bicyclic) bond motifs is 2. The SMILES string of the molecule is [Br-].[Br-].c1cc(C2OCCCO2)c[n+](C2CCC3[Se]C2CCC3[n+]2cccc(C3OCCCO3)c2)c1. The van der Waals surface area contributed by atoms with Gasteiger partial charge in [0, 0.05) is 0 Å². The molecule has 4 aliphatic heterocycles. The van der Waals surface area contributed by atoms with Gasteiger partial charge in [0.05, 0.1) is 0 Å². The van der Waals surface area contributed by atoms with E-state index >= 15 is 0 Å². The second-order valence-corrected chi connectivity index (χ2v) is 12.6. The van der Waals surface area contributed by atoms with Crippen LogP contribution in [0.15, 0.2) is 49.1 Å². The average Bonchev–Trinajstić information content (AvgIpc) is 2.90. The molecule has 0 N–H and O–H groups in total. The first-order valence-corrected chi connectivity index (χ1v) is 14.5. The number of rotatable bonds is 4. The summed E-state index contributed by atoms with van der Waals surface area (Å²) in [5.41, 5.74) is 2.31. The van der Waals surface area contributed by atoms with Crippen LogP contribution in [-0.2, 0) is 18.9 Å². The van der Waals surface area contributed by atoms with Crippen LogP contribution in [0.1, 0.15) is 74.3 Å². The molecule has 192 valence electrons. The van der Waals surface area contributed by atoms with Crippen molar-refractivity contribution < 1.29 is 62.0 Å². The average molecular weight is 677 g/mol. The summed E-state index contributed by atoms with van der Waals surface area (Å²) in [5, 5.41) is 0. The second kappa shape index (κ2) is 12.9. The Morgan fingerprint density at radius 3 is 1.49 bits per heavy atom. The van der Waals surface area contributed by atoms with Crippen LogP contribution in [0.25, 0.3) is 0 Å². The van der Waals surface area contributed by atoms with Gasteiger partial charge in [0.15, 0.2) is 0 Å². The zero-order chi connectivity index (χ0) is 22.0. The molecule has 0 spiro atoms.